The van der Waals surface area contributed by atoms with Gasteiger partial charge in [0.15, 0.2) is 0 Å². The number of piperazine rings is 1. The van der Waals surface area contributed by atoms with E-state index in [1.165, 1.54) is 0 Å². The van der Waals surface area contributed by atoms with E-state index >= 15 is 0 Å². The molecule has 0 aromatic rings. The molecular formula is C10H18N2O2. The summed E-state index contributed by atoms with van der Waals surface area (Å²) in [7, 11) is 0. The third-order valence-electron chi connectivity index (χ3n) is 2.71. The van der Waals surface area contributed by atoms with Crippen LogP contribution in [0.5, 0.6) is 0 Å². The Morgan fingerprint density at radius 3 is 2.57 bits per heavy atom. The first-order chi connectivity index (χ1) is 6.53. The SMILES string of the molecule is CCCN1CC(=O)NC(C)(CC)C1=O. The summed E-state index contributed by atoms with van der Waals surface area (Å²) in [6, 6.07) is 0. The lowest BCUT2D eigenvalue weighted by molar-refractivity contribution is -0.149. The minimum absolute atomic E-state index is 0.0430. The Bertz CT molecular complexity index is 253. The molecule has 14 heavy (non-hydrogen) atoms. The third-order valence-corrected chi connectivity index (χ3v) is 2.71. The predicted octanol–water partition coefficient (Wildman–Crippen LogP) is 0.523. The van der Waals surface area contributed by atoms with E-state index in [4.69, 9.17) is 0 Å². The summed E-state index contributed by atoms with van der Waals surface area (Å²) in [5.41, 5.74) is -0.690. The van der Waals surface area contributed by atoms with E-state index in [0.29, 0.717) is 13.0 Å². The van der Waals surface area contributed by atoms with Gasteiger partial charge in [0.2, 0.25) is 11.8 Å². The number of nitrogens with one attached hydrogen (secondary N) is 1. The Labute approximate surface area is 84.7 Å². The van der Waals surface area contributed by atoms with Crippen LogP contribution in [0.1, 0.15) is 33.6 Å². The zero-order chi connectivity index (χ0) is 10.8. The summed E-state index contributed by atoms with van der Waals surface area (Å²) >= 11 is 0. The molecule has 0 aliphatic carbocycles. The van der Waals surface area contributed by atoms with Crippen LogP contribution in [0.25, 0.3) is 0 Å². The molecule has 1 aliphatic rings. The fourth-order valence-electron chi connectivity index (χ4n) is 1.68. The summed E-state index contributed by atoms with van der Waals surface area (Å²) in [5.74, 6) is -0.0103. The second kappa shape index (κ2) is 3.98. The van der Waals surface area contributed by atoms with Crippen molar-refractivity contribution < 1.29 is 9.59 Å². The maximum absolute atomic E-state index is 11.9. The minimum Gasteiger partial charge on any atom is -0.340 e. The number of carbonyl (C=O) groups excluding carboxylic acids is 2. The van der Waals surface area contributed by atoms with Gasteiger partial charge in [-0.05, 0) is 19.8 Å². The van der Waals surface area contributed by atoms with Gasteiger partial charge in [-0.15, -0.1) is 0 Å². The first-order valence-corrected chi connectivity index (χ1v) is 5.14. The number of nitrogens with zero attached hydrogens (tertiary/aromatic N) is 1. The smallest absolute Gasteiger partial charge is 0.248 e. The van der Waals surface area contributed by atoms with Crippen LogP contribution in [0.3, 0.4) is 0 Å². The molecular weight excluding hydrogens is 180 g/mol. The molecule has 0 saturated carbocycles. The Hall–Kier alpha value is -1.06. The molecule has 1 saturated heterocycles. The molecule has 1 N–H and O–H groups in total. The van der Waals surface area contributed by atoms with Crippen LogP contribution >= 0.6 is 0 Å². The Kier molecular flexibility index (Phi) is 3.13. The maximum Gasteiger partial charge on any atom is 0.248 e. The molecule has 0 aromatic carbocycles. The van der Waals surface area contributed by atoms with Crippen molar-refractivity contribution >= 4 is 11.8 Å². The lowest BCUT2D eigenvalue weighted by Crippen LogP contribution is -2.65. The molecule has 4 heteroatoms. The second-order valence-electron chi connectivity index (χ2n) is 3.96. The number of hydrogen-bond acceptors (Lipinski definition) is 2. The van der Waals surface area contributed by atoms with E-state index in [2.05, 4.69) is 5.32 Å². The monoisotopic (exact) mass is 198 g/mol. The zero-order valence-electron chi connectivity index (χ0n) is 9.09. The molecule has 4 nitrogen and oxygen atoms in total. The van der Waals surface area contributed by atoms with E-state index in [1.54, 1.807) is 11.8 Å². The number of rotatable bonds is 3. The van der Waals surface area contributed by atoms with Crippen LogP contribution < -0.4 is 5.32 Å². The fraction of sp³-hybridized carbons (Fsp3) is 0.800. The summed E-state index contributed by atoms with van der Waals surface area (Å²) in [6.45, 7) is 6.58. The molecule has 1 rings (SSSR count). The summed E-state index contributed by atoms with van der Waals surface area (Å²) in [4.78, 5) is 24.9. The highest BCUT2D eigenvalue weighted by atomic mass is 16.2. The summed E-state index contributed by atoms with van der Waals surface area (Å²) in [5, 5.41) is 2.75. The molecule has 1 heterocycles. The first kappa shape index (κ1) is 11.0. The molecule has 0 aromatic heterocycles. The van der Waals surface area contributed by atoms with Gasteiger partial charge in [-0.1, -0.05) is 13.8 Å². The number of amides is 2. The normalized spacial score (nSPS) is 27.8. The van der Waals surface area contributed by atoms with Gasteiger partial charge < -0.3 is 10.2 Å². The molecule has 1 unspecified atom stereocenters. The molecule has 0 radical (unpaired) electrons. The van der Waals surface area contributed by atoms with Crippen LogP contribution in [0.15, 0.2) is 0 Å². The highest BCUT2D eigenvalue weighted by Gasteiger charge is 2.40. The van der Waals surface area contributed by atoms with Crippen molar-refractivity contribution in [1.82, 2.24) is 10.2 Å². The molecule has 1 aliphatic heterocycles. The number of hydrogen-bond donors (Lipinski definition) is 1. The Morgan fingerprint density at radius 1 is 1.43 bits per heavy atom. The number of carbonyl (C=O) groups is 2. The van der Waals surface area contributed by atoms with Crippen molar-refractivity contribution in [3.05, 3.63) is 0 Å². The largest absolute Gasteiger partial charge is 0.340 e. The van der Waals surface area contributed by atoms with Crippen LogP contribution in [-0.2, 0) is 9.59 Å². The molecule has 0 bridgehead atoms. The molecule has 2 amide bonds. The van der Waals surface area contributed by atoms with E-state index in [0.717, 1.165) is 6.42 Å². The van der Waals surface area contributed by atoms with Gasteiger partial charge in [0.25, 0.3) is 0 Å². The van der Waals surface area contributed by atoms with Gasteiger partial charge >= 0.3 is 0 Å². The second-order valence-corrected chi connectivity index (χ2v) is 3.96. The van der Waals surface area contributed by atoms with E-state index in [-0.39, 0.29) is 18.4 Å². The van der Waals surface area contributed by atoms with Crippen LogP contribution in [-0.4, -0.2) is 35.3 Å². The molecule has 1 atom stereocenters. The van der Waals surface area contributed by atoms with Gasteiger partial charge in [-0.3, -0.25) is 9.59 Å². The minimum atomic E-state index is -0.690. The van der Waals surface area contributed by atoms with Gasteiger partial charge in [0.05, 0.1) is 6.54 Å². The maximum atomic E-state index is 11.9. The van der Waals surface area contributed by atoms with Gasteiger partial charge in [-0.2, -0.15) is 0 Å². The lowest BCUT2D eigenvalue weighted by atomic mass is 9.94. The average molecular weight is 198 g/mol. The van der Waals surface area contributed by atoms with E-state index in [9.17, 15) is 9.59 Å². The summed E-state index contributed by atoms with van der Waals surface area (Å²) < 4.78 is 0. The van der Waals surface area contributed by atoms with Crippen molar-refractivity contribution in [2.24, 2.45) is 0 Å². The highest BCUT2D eigenvalue weighted by Crippen LogP contribution is 2.17. The highest BCUT2D eigenvalue weighted by molar-refractivity contribution is 5.97. The molecule has 80 valence electrons. The zero-order valence-corrected chi connectivity index (χ0v) is 9.09. The first-order valence-electron chi connectivity index (χ1n) is 5.14. The van der Waals surface area contributed by atoms with Crippen LogP contribution in [0.4, 0.5) is 0 Å². The van der Waals surface area contributed by atoms with Crippen molar-refractivity contribution in [2.45, 2.75) is 39.2 Å². The van der Waals surface area contributed by atoms with Crippen LogP contribution in [0.2, 0.25) is 0 Å². The van der Waals surface area contributed by atoms with Crippen molar-refractivity contribution in [3.8, 4) is 0 Å². The average Bonchev–Trinajstić information content (AvgIpc) is 2.14. The van der Waals surface area contributed by atoms with Gasteiger partial charge in [0.1, 0.15) is 5.54 Å². The van der Waals surface area contributed by atoms with Crippen molar-refractivity contribution in [2.75, 3.05) is 13.1 Å². The topological polar surface area (TPSA) is 49.4 Å². The predicted molar refractivity (Wildman–Crippen MR) is 53.7 cm³/mol. The summed E-state index contributed by atoms with van der Waals surface area (Å²) in [6.07, 6.45) is 1.52. The van der Waals surface area contributed by atoms with Gasteiger partial charge in [-0.25, -0.2) is 0 Å². The van der Waals surface area contributed by atoms with Gasteiger partial charge in [0, 0.05) is 6.54 Å². The van der Waals surface area contributed by atoms with Crippen molar-refractivity contribution in [1.29, 1.82) is 0 Å². The fourth-order valence-corrected chi connectivity index (χ4v) is 1.68. The van der Waals surface area contributed by atoms with Crippen LogP contribution in [0, 0.1) is 0 Å². The Morgan fingerprint density at radius 2 is 2.07 bits per heavy atom. The quantitative estimate of drug-likeness (QED) is 0.719. The van der Waals surface area contributed by atoms with Crippen molar-refractivity contribution in [3.63, 3.8) is 0 Å². The molecule has 0 spiro atoms. The Balaban J connectivity index is 2.81. The standard InChI is InChI=1S/C10H18N2O2/c1-4-6-12-7-8(13)11-10(3,5-2)9(12)14/h4-7H2,1-3H3,(H,11,13). The lowest BCUT2D eigenvalue weighted by Gasteiger charge is -2.39. The third kappa shape index (κ3) is 1.89. The van der Waals surface area contributed by atoms with E-state index in [1.807, 2.05) is 13.8 Å². The molecule has 1 fully saturated rings. The van der Waals surface area contributed by atoms with E-state index < -0.39 is 5.54 Å².